The number of pyridine rings is 1. The van der Waals surface area contributed by atoms with E-state index in [2.05, 4.69) is 20.3 Å². The first-order chi connectivity index (χ1) is 15.9. The molecule has 0 aliphatic carbocycles. The van der Waals surface area contributed by atoms with Gasteiger partial charge in [-0.25, -0.2) is 0 Å². The monoisotopic (exact) mass is 700 g/mol. The van der Waals surface area contributed by atoms with Crippen LogP contribution in [0.15, 0.2) is 30.5 Å². The number of nitrogens with zero attached hydrogens (tertiary/aromatic N) is 6. The number of benzene rings is 1. The van der Waals surface area contributed by atoms with Gasteiger partial charge in [0.05, 0.1) is 0 Å². The fourth-order valence-corrected chi connectivity index (χ4v) is 9.26. The number of alkyl halides is 7. The molecule has 4 heterocycles. The Hall–Kier alpha value is -2.04. The van der Waals surface area contributed by atoms with Crippen molar-refractivity contribution in [3.63, 3.8) is 0 Å². The number of aryl methyl sites for hydroxylation is 2. The molecule has 34 heavy (non-hydrogen) atoms. The summed E-state index contributed by atoms with van der Waals surface area (Å²) in [6.07, 6.45) is -1.95. The summed E-state index contributed by atoms with van der Waals surface area (Å²) in [5, 5.41) is 23.9. The number of phenols is 1. The van der Waals surface area contributed by atoms with Gasteiger partial charge in [0.25, 0.3) is 0 Å². The molecular formula is C21H18F4I2N6O. The van der Waals surface area contributed by atoms with Crippen molar-refractivity contribution in [2.75, 3.05) is 4.43 Å². The van der Waals surface area contributed by atoms with Crippen LogP contribution in [0.1, 0.15) is 29.7 Å². The van der Waals surface area contributed by atoms with Crippen LogP contribution in [0.25, 0.3) is 22.3 Å². The second-order valence-corrected chi connectivity index (χ2v) is 15.3. The molecule has 3 aromatic heterocycles. The van der Waals surface area contributed by atoms with E-state index in [1.807, 2.05) is 13.7 Å². The molecule has 1 N–H and O–H groups in total. The fraction of sp³-hybridized carbons (Fsp3) is 0.333. The van der Waals surface area contributed by atoms with Crippen LogP contribution in [0.4, 0.5) is 17.6 Å². The van der Waals surface area contributed by atoms with Crippen molar-refractivity contribution in [1.29, 1.82) is 0 Å². The summed E-state index contributed by atoms with van der Waals surface area (Å²) in [6, 6.07) is 5.16. The molecule has 7 nitrogen and oxygen atoms in total. The second kappa shape index (κ2) is 8.27. The zero-order valence-corrected chi connectivity index (χ0v) is 22.2. The first-order valence-electron chi connectivity index (χ1n) is 10.1. The van der Waals surface area contributed by atoms with E-state index in [0.29, 0.717) is 34.2 Å². The molecule has 1 aliphatic rings. The van der Waals surface area contributed by atoms with Gasteiger partial charge < -0.3 is 0 Å². The Morgan fingerprint density at radius 2 is 1.91 bits per heavy atom. The van der Waals surface area contributed by atoms with Crippen molar-refractivity contribution < 1.29 is 22.7 Å². The zero-order chi connectivity index (χ0) is 24.4. The van der Waals surface area contributed by atoms with E-state index in [1.165, 1.54) is 13.8 Å². The average Bonchev–Trinajstić information content (AvgIpc) is 3.35. The van der Waals surface area contributed by atoms with Crippen LogP contribution in [-0.2, 0) is 20.8 Å². The van der Waals surface area contributed by atoms with E-state index in [9.17, 15) is 22.7 Å². The van der Waals surface area contributed by atoms with Gasteiger partial charge in [-0.15, -0.1) is 0 Å². The summed E-state index contributed by atoms with van der Waals surface area (Å²) >= 11 is -0.191. The third kappa shape index (κ3) is 4.24. The van der Waals surface area contributed by atoms with E-state index in [0.717, 1.165) is 21.7 Å². The molecular weight excluding hydrogens is 682 g/mol. The Morgan fingerprint density at radius 1 is 1.15 bits per heavy atom. The van der Waals surface area contributed by atoms with Crippen molar-refractivity contribution in [3.8, 4) is 17.0 Å². The van der Waals surface area contributed by atoms with E-state index in [-0.39, 0.29) is 11.1 Å². The summed E-state index contributed by atoms with van der Waals surface area (Å²) in [5.74, 6) is 0.590. The summed E-state index contributed by atoms with van der Waals surface area (Å²) in [5.41, 5.74) is 0.373. The minimum atomic E-state index is -4.55. The van der Waals surface area contributed by atoms with Crippen molar-refractivity contribution in [2.45, 2.75) is 34.7 Å². The first kappa shape index (κ1) is 23.7. The number of hydrogen-bond acceptors (Lipinski definition) is 5. The van der Waals surface area contributed by atoms with E-state index in [1.54, 1.807) is 34.7 Å². The van der Waals surface area contributed by atoms with Crippen molar-refractivity contribution >= 4 is 53.7 Å². The molecule has 1 unspecified atom stereocenters. The number of hydrogen-bond donors (Lipinski definition) is 1. The fourth-order valence-electron chi connectivity index (χ4n) is 3.90. The molecule has 13 heteroatoms. The van der Waals surface area contributed by atoms with Crippen LogP contribution >= 0.6 is 42.7 Å². The SMILES string of the molecule is Cc1cc(C(F)(F)F)cc(O)c1-c1ccc2cn(I3CCc4nnc(C(C)(F)I)n4C3)nc2n1. The number of fused-ring (bicyclic) bond motifs is 2. The topological polar surface area (TPSA) is 81.6 Å². The Morgan fingerprint density at radius 3 is 2.59 bits per heavy atom. The molecule has 4 aromatic rings. The van der Waals surface area contributed by atoms with E-state index in [4.69, 9.17) is 0 Å². The van der Waals surface area contributed by atoms with Gasteiger partial charge in [0.15, 0.2) is 0 Å². The zero-order valence-electron chi connectivity index (χ0n) is 17.9. The molecule has 5 rings (SSSR count). The summed E-state index contributed by atoms with van der Waals surface area (Å²) in [4.78, 5) is 4.52. The number of halogens is 6. The van der Waals surface area contributed by atoms with Gasteiger partial charge >= 0.3 is 213 Å². The van der Waals surface area contributed by atoms with Crippen LogP contribution in [0.5, 0.6) is 5.75 Å². The molecule has 1 atom stereocenters. The van der Waals surface area contributed by atoms with Crippen LogP contribution in [0.3, 0.4) is 0 Å². The normalized spacial score (nSPS) is 17.1. The van der Waals surface area contributed by atoms with Gasteiger partial charge in [-0.2, -0.15) is 0 Å². The summed E-state index contributed by atoms with van der Waals surface area (Å²) in [6.45, 7) is 2.95. The predicted octanol–water partition coefficient (Wildman–Crippen LogP) is 5.78. The molecule has 0 amide bonds. The van der Waals surface area contributed by atoms with Crippen LogP contribution in [0.2, 0.25) is 0 Å². The van der Waals surface area contributed by atoms with Gasteiger partial charge in [0, 0.05) is 0 Å². The summed E-state index contributed by atoms with van der Waals surface area (Å²) in [7, 11) is 0. The Kier molecular flexibility index (Phi) is 5.76. The van der Waals surface area contributed by atoms with Crippen molar-refractivity contribution in [3.05, 3.63) is 53.2 Å². The van der Waals surface area contributed by atoms with Gasteiger partial charge in [-0.1, -0.05) is 0 Å². The molecule has 180 valence electrons. The van der Waals surface area contributed by atoms with Gasteiger partial charge in [0.2, 0.25) is 0 Å². The van der Waals surface area contributed by atoms with Crippen molar-refractivity contribution in [2.24, 2.45) is 0 Å². The molecule has 0 bridgehead atoms. The average molecular weight is 700 g/mol. The standard InChI is InChI=1S/C21H18F4I2N6O/c1-11-7-13(21(23,24)25)8-15(34)17(11)14-4-3-12-9-33(31-18(12)28-14)27-6-5-16-29-30-19(20(2,22)26)32(16)10-27/h3-4,7-9,34H,5-6,10H2,1-2H3. The molecule has 0 fully saturated rings. The quantitative estimate of drug-likeness (QED) is 0.167. The molecule has 0 spiro atoms. The molecule has 0 saturated carbocycles. The maximum absolute atomic E-state index is 14.6. The Bertz CT molecular complexity index is 1390. The van der Waals surface area contributed by atoms with Crippen LogP contribution < -0.4 is 0 Å². The Labute approximate surface area is 212 Å². The second-order valence-electron chi connectivity index (χ2n) is 8.05. The van der Waals surface area contributed by atoms with Crippen LogP contribution in [0, 0.1) is 6.92 Å². The van der Waals surface area contributed by atoms with Gasteiger partial charge in [0.1, 0.15) is 0 Å². The van der Waals surface area contributed by atoms with E-state index < -0.39 is 41.3 Å². The predicted molar refractivity (Wildman–Crippen MR) is 135 cm³/mol. The number of aromatic nitrogens is 6. The maximum atomic E-state index is 14.6. The third-order valence-corrected chi connectivity index (χ3v) is 11.1. The molecule has 0 saturated heterocycles. The number of aromatic hydroxyl groups is 1. The molecule has 1 aromatic carbocycles. The number of phenolic OH excluding ortho intramolecular Hbond substituents is 1. The van der Waals surface area contributed by atoms with Crippen molar-refractivity contribution in [1.82, 2.24) is 27.7 Å². The molecule has 1 aliphatic heterocycles. The van der Waals surface area contributed by atoms with E-state index >= 15 is 0 Å². The first-order valence-corrected chi connectivity index (χ1v) is 15.2. The number of rotatable bonds is 3. The summed E-state index contributed by atoms with van der Waals surface area (Å²) < 4.78 is 57.4. The minimum absolute atomic E-state index is 0.240. The van der Waals surface area contributed by atoms with Gasteiger partial charge in [-0.3, -0.25) is 0 Å². The Balaban J connectivity index is 1.49. The third-order valence-electron chi connectivity index (χ3n) is 5.50. The molecule has 0 radical (unpaired) electrons. The van der Waals surface area contributed by atoms with Crippen LogP contribution in [-0.4, -0.2) is 37.3 Å². The van der Waals surface area contributed by atoms with Gasteiger partial charge in [-0.05, 0) is 0 Å².